The lowest BCUT2D eigenvalue weighted by atomic mass is 10.2. The van der Waals surface area contributed by atoms with Crippen LogP contribution in [0.4, 0.5) is 5.69 Å². The molecule has 204 valence electrons. The van der Waals surface area contributed by atoms with Crippen LogP contribution in [0.15, 0.2) is 76.8 Å². The summed E-state index contributed by atoms with van der Waals surface area (Å²) in [5.41, 5.74) is 2.50. The molecule has 0 atom stereocenters. The Bertz CT molecular complexity index is 1590. The van der Waals surface area contributed by atoms with E-state index in [4.69, 9.17) is 23.2 Å². The van der Waals surface area contributed by atoms with Crippen molar-refractivity contribution in [2.24, 2.45) is 0 Å². The monoisotopic (exact) mass is 603 g/mol. The Kier molecular flexibility index (Phi) is 9.35. The highest BCUT2D eigenvalue weighted by Crippen LogP contribution is 2.34. The molecule has 1 amide bonds. The highest BCUT2D eigenvalue weighted by atomic mass is 35.5. The van der Waals surface area contributed by atoms with Gasteiger partial charge in [-0.3, -0.25) is 9.36 Å². The molecule has 3 aromatic carbocycles. The maximum absolute atomic E-state index is 13.2. The van der Waals surface area contributed by atoms with Crippen molar-refractivity contribution >= 4 is 56.6 Å². The van der Waals surface area contributed by atoms with E-state index in [0.717, 1.165) is 11.3 Å². The number of thioether (sulfide) groups is 1. The fourth-order valence-electron chi connectivity index (χ4n) is 3.95. The smallest absolute Gasteiger partial charge is 0.243 e. The Morgan fingerprint density at radius 2 is 1.72 bits per heavy atom. The summed E-state index contributed by atoms with van der Waals surface area (Å²) in [4.78, 5) is 13.0. The van der Waals surface area contributed by atoms with Gasteiger partial charge in [0, 0.05) is 24.3 Å². The number of aromatic nitrogens is 3. The quantitative estimate of drug-likeness (QED) is 0.213. The van der Waals surface area contributed by atoms with Crippen molar-refractivity contribution in [3.8, 4) is 17.1 Å². The molecule has 8 nitrogen and oxygen atoms in total. The number of amides is 1. The number of benzene rings is 3. The van der Waals surface area contributed by atoms with Gasteiger partial charge in [-0.1, -0.05) is 85.2 Å². The second-order valence-electron chi connectivity index (χ2n) is 8.48. The van der Waals surface area contributed by atoms with Gasteiger partial charge < -0.3 is 5.32 Å². The Morgan fingerprint density at radius 3 is 2.41 bits per heavy atom. The fraction of sp³-hybridized carbons (Fsp3) is 0.222. The van der Waals surface area contributed by atoms with Gasteiger partial charge in [0.05, 0.1) is 26.4 Å². The molecule has 0 radical (unpaired) electrons. The highest BCUT2D eigenvalue weighted by Gasteiger charge is 2.24. The summed E-state index contributed by atoms with van der Waals surface area (Å²) in [5.74, 6) is 0.151. The third kappa shape index (κ3) is 6.31. The first-order valence-electron chi connectivity index (χ1n) is 12.2. The van der Waals surface area contributed by atoms with E-state index in [9.17, 15) is 13.2 Å². The van der Waals surface area contributed by atoms with E-state index in [1.807, 2.05) is 37.3 Å². The van der Waals surface area contributed by atoms with Crippen molar-refractivity contribution in [2.75, 3.05) is 24.2 Å². The van der Waals surface area contributed by atoms with E-state index in [0.29, 0.717) is 45.4 Å². The molecule has 1 N–H and O–H groups in total. The van der Waals surface area contributed by atoms with Gasteiger partial charge in [-0.15, -0.1) is 10.2 Å². The molecule has 0 aliphatic heterocycles. The second-order valence-corrected chi connectivity index (χ2v) is 12.2. The average Bonchev–Trinajstić information content (AvgIpc) is 3.37. The number of carbonyl (C=O) groups is 1. The van der Waals surface area contributed by atoms with Gasteiger partial charge >= 0.3 is 0 Å². The third-order valence-corrected chi connectivity index (χ3v) is 9.74. The molecule has 4 aromatic rings. The predicted molar refractivity (Wildman–Crippen MR) is 157 cm³/mol. The molecule has 4 rings (SSSR count). The van der Waals surface area contributed by atoms with Crippen LogP contribution in [0.25, 0.3) is 17.1 Å². The molecule has 0 spiro atoms. The lowest BCUT2D eigenvalue weighted by Gasteiger charge is -2.19. The molecule has 39 heavy (non-hydrogen) atoms. The highest BCUT2D eigenvalue weighted by molar-refractivity contribution is 7.99. The van der Waals surface area contributed by atoms with Crippen molar-refractivity contribution < 1.29 is 13.2 Å². The van der Waals surface area contributed by atoms with Crippen molar-refractivity contribution in [3.63, 3.8) is 0 Å². The minimum Gasteiger partial charge on any atom is -0.323 e. The molecular formula is C27H27Cl2N5O3S2. The van der Waals surface area contributed by atoms with Gasteiger partial charge in [0.1, 0.15) is 0 Å². The normalized spacial score (nSPS) is 11.6. The molecule has 1 heterocycles. The topological polar surface area (TPSA) is 97.2 Å². The lowest BCUT2D eigenvalue weighted by Crippen LogP contribution is -2.30. The molecule has 0 saturated carbocycles. The number of nitrogens with one attached hydrogen (secondary N) is 1. The molecule has 0 fully saturated rings. The van der Waals surface area contributed by atoms with Crippen LogP contribution < -0.4 is 5.32 Å². The zero-order valence-corrected chi connectivity index (χ0v) is 24.7. The van der Waals surface area contributed by atoms with Crippen LogP contribution in [0.1, 0.15) is 19.4 Å². The molecule has 1 aromatic heterocycles. The summed E-state index contributed by atoms with van der Waals surface area (Å²) in [6, 6.07) is 19.5. The van der Waals surface area contributed by atoms with Gasteiger partial charge in [-0.2, -0.15) is 4.31 Å². The Labute approximate surface area is 242 Å². The SMILES string of the molecule is CCN(CC)S(=O)(=O)c1cccc(-c2nnc(SCC(=O)Nc3c(Cl)ccc(C)c3Cl)n2-c2ccccc2)c1. The zero-order valence-electron chi connectivity index (χ0n) is 21.6. The first-order valence-corrected chi connectivity index (χ1v) is 15.3. The van der Waals surface area contributed by atoms with E-state index >= 15 is 0 Å². The molecule has 0 aliphatic carbocycles. The zero-order chi connectivity index (χ0) is 28.2. The molecule has 12 heteroatoms. The molecule has 0 unspecified atom stereocenters. The maximum Gasteiger partial charge on any atom is 0.243 e. The second kappa shape index (κ2) is 12.5. The summed E-state index contributed by atoms with van der Waals surface area (Å²) in [6.07, 6.45) is 0. The van der Waals surface area contributed by atoms with Gasteiger partial charge in [0.25, 0.3) is 0 Å². The first-order chi connectivity index (χ1) is 18.7. The van der Waals surface area contributed by atoms with E-state index in [-0.39, 0.29) is 16.6 Å². The van der Waals surface area contributed by atoms with Crippen LogP contribution in [0, 0.1) is 6.92 Å². The van der Waals surface area contributed by atoms with Gasteiger partial charge in [-0.05, 0) is 42.8 Å². The number of halogens is 2. The summed E-state index contributed by atoms with van der Waals surface area (Å²) in [7, 11) is -3.67. The lowest BCUT2D eigenvalue weighted by molar-refractivity contribution is -0.113. The van der Waals surface area contributed by atoms with E-state index in [1.165, 1.54) is 16.1 Å². The summed E-state index contributed by atoms with van der Waals surface area (Å²) >= 11 is 13.8. The van der Waals surface area contributed by atoms with Crippen LogP contribution in [0.3, 0.4) is 0 Å². The van der Waals surface area contributed by atoms with Crippen molar-refractivity contribution in [3.05, 3.63) is 82.3 Å². The minimum atomic E-state index is -3.67. The Hall–Kier alpha value is -2.89. The molecule has 0 saturated heterocycles. The van der Waals surface area contributed by atoms with Crippen molar-refractivity contribution in [1.29, 1.82) is 0 Å². The van der Waals surface area contributed by atoms with Gasteiger partial charge in [-0.25, -0.2) is 8.42 Å². The van der Waals surface area contributed by atoms with Crippen LogP contribution in [0.5, 0.6) is 0 Å². The van der Waals surface area contributed by atoms with E-state index < -0.39 is 10.0 Å². The number of sulfonamides is 1. The Morgan fingerprint density at radius 1 is 1.00 bits per heavy atom. The van der Waals surface area contributed by atoms with Crippen LogP contribution in [0.2, 0.25) is 10.0 Å². The number of nitrogens with zero attached hydrogens (tertiary/aromatic N) is 4. The minimum absolute atomic E-state index is 0.0158. The number of aryl methyl sites for hydroxylation is 1. The van der Waals surface area contributed by atoms with E-state index in [1.54, 1.807) is 54.8 Å². The summed E-state index contributed by atoms with van der Waals surface area (Å²) in [6.45, 7) is 6.17. The van der Waals surface area contributed by atoms with Crippen LogP contribution in [-0.4, -0.2) is 52.2 Å². The van der Waals surface area contributed by atoms with Gasteiger partial charge in [0.15, 0.2) is 11.0 Å². The number of carbonyl (C=O) groups excluding carboxylic acids is 1. The van der Waals surface area contributed by atoms with Crippen LogP contribution >= 0.6 is 35.0 Å². The average molecular weight is 605 g/mol. The predicted octanol–water partition coefficient (Wildman–Crippen LogP) is 6.31. The standard InChI is InChI=1S/C27H27Cl2N5O3S2/c1-4-33(5-2)39(36,37)21-13-9-10-19(16-21)26-31-32-27(34(26)20-11-7-6-8-12-20)38-17-23(35)30-25-22(28)15-14-18(3)24(25)29/h6-16H,4-5,17H2,1-3H3,(H,30,35). The number of rotatable bonds is 10. The fourth-order valence-corrected chi connectivity index (χ4v) is 6.67. The summed E-state index contributed by atoms with van der Waals surface area (Å²) in [5, 5.41) is 12.7. The molecule has 0 aliphatic rings. The first kappa shape index (κ1) is 29.1. The van der Waals surface area contributed by atoms with E-state index in [2.05, 4.69) is 15.5 Å². The van der Waals surface area contributed by atoms with Crippen LogP contribution in [-0.2, 0) is 14.8 Å². The molecular weight excluding hydrogens is 577 g/mol. The third-order valence-electron chi connectivity index (χ3n) is 5.96. The number of anilines is 1. The van der Waals surface area contributed by atoms with Crippen molar-refractivity contribution in [1.82, 2.24) is 19.1 Å². The van der Waals surface area contributed by atoms with Crippen molar-refractivity contribution in [2.45, 2.75) is 30.8 Å². The number of para-hydroxylation sites is 1. The molecule has 0 bridgehead atoms. The summed E-state index contributed by atoms with van der Waals surface area (Å²) < 4.78 is 29.5. The number of hydrogen-bond acceptors (Lipinski definition) is 6. The number of hydrogen-bond donors (Lipinski definition) is 1. The maximum atomic E-state index is 13.2. The Balaban J connectivity index is 1.67. The van der Waals surface area contributed by atoms with Gasteiger partial charge in [0.2, 0.25) is 15.9 Å². The largest absolute Gasteiger partial charge is 0.323 e.